The number of alkyl halides is 2. The molecule has 1 aliphatic rings. The zero-order chi connectivity index (χ0) is 8.48. The molecule has 3 nitrogen and oxygen atoms in total. The van der Waals surface area contributed by atoms with Crippen LogP contribution in [0.5, 0.6) is 0 Å². The highest BCUT2D eigenvalue weighted by Gasteiger charge is 2.39. The molecule has 0 aromatic rings. The van der Waals surface area contributed by atoms with Gasteiger partial charge in [-0.25, -0.2) is 8.78 Å². The smallest absolute Gasteiger partial charge is 0.304 e. The highest BCUT2D eigenvalue weighted by atomic mass is 19.3. The number of carboxylic acid groups (broad SMARTS) is 1. The maximum absolute atomic E-state index is 12.4. The lowest BCUT2D eigenvalue weighted by Gasteiger charge is -2.05. The summed E-state index contributed by atoms with van der Waals surface area (Å²) in [4.78, 5) is 10.1. The average Bonchev–Trinajstić information content (AvgIpc) is 2.08. The summed E-state index contributed by atoms with van der Waals surface area (Å²) in [6.07, 6.45) is -0.588. The molecule has 1 unspecified atom stereocenters. The van der Waals surface area contributed by atoms with Crippen LogP contribution in [0.2, 0.25) is 0 Å². The third-order valence-electron chi connectivity index (χ3n) is 1.62. The molecule has 0 saturated carbocycles. The van der Waals surface area contributed by atoms with Crippen molar-refractivity contribution in [1.29, 1.82) is 0 Å². The fourth-order valence-corrected chi connectivity index (χ4v) is 1.15. The highest BCUT2D eigenvalue weighted by Crippen LogP contribution is 2.26. The van der Waals surface area contributed by atoms with Crippen molar-refractivity contribution in [3.05, 3.63) is 0 Å². The van der Waals surface area contributed by atoms with Gasteiger partial charge in [-0.2, -0.15) is 0 Å². The maximum atomic E-state index is 12.4. The second kappa shape index (κ2) is 2.73. The fraction of sp³-hybridized carbons (Fsp3) is 0.833. The predicted octanol–water partition coefficient (Wildman–Crippen LogP) is 0.458. The zero-order valence-electron chi connectivity index (χ0n) is 5.81. The second-order valence-corrected chi connectivity index (χ2v) is 2.74. The molecule has 0 bridgehead atoms. The summed E-state index contributed by atoms with van der Waals surface area (Å²) in [5.41, 5.74) is 0. The van der Waals surface area contributed by atoms with Gasteiger partial charge in [0.25, 0.3) is 5.92 Å². The number of rotatable bonds is 2. The third-order valence-corrected chi connectivity index (χ3v) is 1.62. The van der Waals surface area contributed by atoms with E-state index in [9.17, 15) is 13.6 Å². The topological polar surface area (TPSA) is 49.3 Å². The average molecular weight is 165 g/mol. The van der Waals surface area contributed by atoms with Gasteiger partial charge in [0.1, 0.15) is 0 Å². The van der Waals surface area contributed by atoms with Crippen molar-refractivity contribution >= 4 is 5.97 Å². The highest BCUT2D eigenvalue weighted by molar-refractivity contribution is 5.67. The Kier molecular flexibility index (Phi) is 2.08. The summed E-state index contributed by atoms with van der Waals surface area (Å²) >= 11 is 0. The SMILES string of the molecule is O=C(O)CC1CC(F)(F)CN1. The van der Waals surface area contributed by atoms with Crippen LogP contribution in [0.4, 0.5) is 8.78 Å². The number of carboxylic acids is 1. The van der Waals surface area contributed by atoms with Gasteiger partial charge in [0.2, 0.25) is 0 Å². The van der Waals surface area contributed by atoms with E-state index < -0.39 is 24.5 Å². The normalized spacial score (nSPS) is 28.7. The largest absolute Gasteiger partial charge is 0.481 e. The fourth-order valence-electron chi connectivity index (χ4n) is 1.15. The number of aliphatic carboxylic acids is 1. The Hall–Kier alpha value is -0.710. The molecule has 64 valence electrons. The first kappa shape index (κ1) is 8.39. The van der Waals surface area contributed by atoms with Crippen molar-refractivity contribution < 1.29 is 18.7 Å². The minimum atomic E-state index is -2.72. The molecule has 0 spiro atoms. The maximum Gasteiger partial charge on any atom is 0.304 e. The first-order valence-corrected chi connectivity index (χ1v) is 3.33. The van der Waals surface area contributed by atoms with Crippen LogP contribution in [-0.4, -0.2) is 29.6 Å². The van der Waals surface area contributed by atoms with Gasteiger partial charge in [-0.3, -0.25) is 4.79 Å². The van der Waals surface area contributed by atoms with Gasteiger partial charge < -0.3 is 10.4 Å². The van der Waals surface area contributed by atoms with Crippen molar-refractivity contribution in [2.45, 2.75) is 24.8 Å². The molecule has 0 aromatic carbocycles. The third kappa shape index (κ3) is 2.42. The number of carbonyl (C=O) groups is 1. The van der Waals surface area contributed by atoms with E-state index in [1.165, 1.54) is 0 Å². The molecule has 11 heavy (non-hydrogen) atoms. The molecule has 0 amide bonds. The van der Waals surface area contributed by atoms with Crippen LogP contribution in [-0.2, 0) is 4.79 Å². The Bertz CT molecular complexity index is 172. The molecule has 1 rings (SSSR count). The molecule has 1 saturated heterocycles. The minimum absolute atomic E-state index is 0.227. The molecule has 1 heterocycles. The lowest BCUT2D eigenvalue weighted by atomic mass is 10.1. The van der Waals surface area contributed by atoms with Gasteiger partial charge in [0, 0.05) is 12.5 Å². The van der Waals surface area contributed by atoms with Crippen LogP contribution in [0.3, 0.4) is 0 Å². The zero-order valence-corrected chi connectivity index (χ0v) is 5.81. The van der Waals surface area contributed by atoms with Crippen LogP contribution < -0.4 is 5.32 Å². The lowest BCUT2D eigenvalue weighted by Crippen LogP contribution is -2.24. The lowest BCUT2D eigenvalue weighted by molar-refractivity contribution is -0.137. The molecule has 1 aliphatic heterocycles. The summed E-state index contributed by atoms with van der Waals surface area (Å²) in [7, 11) is 0. The van der Waals surface area contributed by atoms with Crippen molar-refractivity contribution in [3.8, 4) is 0 Å². The van der Waals surface area contributed by atoms with Crippen molar-refractivity contribution in [3.63, 3.8) is 0 Å². The van der Waals surface area contributed by atoms with E-state index in [2.05, 4.69) is 5.32 Å². The number of hydrogen-bond donors (Lipinski definition) is 2. The van der Waals surface area contributed by atoms with Gasteiger partial charge in [-0.1, -0.05) is 0 Å². The van der Waals surface area contributed by atoms with Crippen molar-refractivity contribution in [2.75, 3.05) is 6.54 Å². The Morgan fingerprint density at radius 1 is 1.73 bits per heavy atom. The molecule has 1 fully saturated rings. The molecule has 2 N–H and O–H groups in total. The van der Waals surface area contributed by atoms with E-state index >= 15 is 0 Å². The molecular weight excluding hydrogens is 156 g/mol. The quantitative estimate of drug-likeness (QED) is 0.624. The summed E-state index contributed by atoms with van der Waals surface area (Å²) in [6, 6.07) is -0.567. The van der Waals surface area contributed by atoms with E-state index in [0.29, 0.717) is 0 Å². The first-order valence-electron chi connectivity index (χ1n) is 3.33. The Morgan fingerprint density at radius 2 is 2.36 bits per heavy atom. The van der Waals surface area contributed by atoms with Gasteiger partial charge in [-0.05, 0) is 0 Å². The first-order chi connectivity index (χ1) is 4.99. The van der Waals surface area contributed by atoms with E-state index in [-0.39, 0.29) is 12.8 Å². The van der Waals surface area contributed by atoms with Crippen LogP contribution in [0, 0.1) is 0 Å². The van der Waals surface area contributed by atoms with Crippen LogP contribution in [0.15, 0.2) is 0 Å². The molecule has 0 aliphatic carbocycles. The molecular formula is C6H9F2NO2. The van der Waals surface area contributed by atoms with E-state index in [1.807, 2.05) is 0 Å². The molecule has 0 aromatic heterocycles. The monoisotopic (exact) mass is 165 g/mol. The summed E-state index contributed by atoms with van der Waals surface area (Å²) < 4.78 is 24.8. The summed E-state index contributed by atoms with van der Waals surface area (Å²) in [5, 5.41) is 10.7. The van der Waals surface area contributed by atoms with Gasteiger partial charge in [0.05, 0.1) is 13.0 Å². The standard InChI is InChI=1S/C6H9F2NO2/c7-6(8)2-4(9-3-6)1-5(10)11/h4,9H,1-3H2,(H,10,11). The van der Waals surface area contributed by atoms with Crippen LogP contribution in [0.25, 0.3) is 0 Å². The second-order valence-electron chi connectivity index (χ2n) is 2.74. The Labute approximate surface area is 62.4 Å². The van der Waals surface area contributed by atoms with Crippen molar-refractivity contribution in [1.82, 2.24) is 5.32 Å². The van der Waals surface area contributed by atoms with Gasteiger partial charge >= 0.3 is 5.97 Å². The van der Waals surface area contributed by atoms with E-state index in [0.717, 1.165) is 0 Å². The predicted molar refractivity (Wildman–Crippen MR) is 33.6 cm³/mol. The molecule has 5 heteroatoms. The van der Waals surface area contributed by atoms with Crippen LogP contribution >= 0.6 is 0 Å². The summed E-state index contributed by atoms with van der Waals surface area (Å²) in [6.45, 7) is -0.398. The summed E-state index contributed by atoms with van der Waals surface area (Å²) in [5.74, 6) is -3.76. The van der Waals surface area contributed by atoms with Crippen molar-refractivity contribution in [2.24, 2.45) is 0 Å². The molecule has 0 radical (unpaired) electrons. The molecule has 1 atom stereocenters. The number of halogens is 2. The van der Waals surface area contributed by atoms with E-state index in [1.54, 1.807) is 0 Å². The van der Waals surface area contributed by atoms with Crippen LogP contribution in [0.1, 0.15) is 12.8 Å². The van der Waals surface area contributed by atoms with E-state index in [4.69, 9.17) is 5.11 Å². The Morgan fingerprint density at radius 3 is 2.73 bits per heavy atom. The Balaban J connectivity index is 2.36. The number of hydrogen-bond acceptors (Lipinski definition) is 2. The number of nitrogens with one attached hydrogen (secondary N) is 1. The van der Waals surface area contributed by atoms with Gasteiger partial charge in [0.15, 0.2) is 0 Å². The van der Waals surface area contributed by atoms with Gasteiger partial charge in [-0.15, -0.1) is 0 Å². The minimum Gasteiger partial charge on any atom is -0.481 e.